The molecule has 6 nitrogen and oxygen atoms in total. The zero-order valence-corrected chi connectivity index (χ0v) is 12.6. The van der Waals surface area contributed by atoms with Crippen LogP contribution in [0.3, 0.4) is 0 Å². The highest BCUT2D eigenvalue weighted by molar-refractivity contribution is 7.89. The molecule has 0 spiro atoms. The molecule has 0 radical (unpaired) electrons. The fraction of sp³-hybridized carbons (Fsp3) is 0.143. The highest BCUT2D eigenvalue weighted by Gasteiger charge is 2.19. The molecule has 0 aliphatic carbocycles. The number of anilines is 3. The molecule has 0 saturated carbocycles. The van der Waals surface area contributed by atoms with Crippen LogP contribution in [0.2, 0.25) is 0 Å². The Labute approximate surface area is 124 Å². The lowest BCUT2D eigenvalue weighted by molar-refractivity contribution is 0.415. The van der Waals surface area contributed by atoms with E-state index in [0.717, 1.165) is 5.69 Å². The van der Waals surface area contributed by atoms with Gasteiger partial charge in [0, 0.05) is 12.7 Å². The van der Waals surface area contributed by atoms with E-state index in [0.29, 0.717) is 17.1 Å². The second-order valence-corrected chi connectivity index (χ2v) is 6.03. The lowest BCUT2D eigenvalue weighted by Crippen LogP contribution is -2.19. The molecule has 2 rings (SSSR count). The van der Waals surface area contributed by atoms with Crippen LogP contribution in [0.15, 0.2) is 47.4 Å². The summed E-state index contributed by atoms with van der Waals surface area (Å²) in [5.74, 6) is 0.622. The number of para-hydroxylation sites is 2. The number of methoxy groups -OCH3 is 1. The lowest BCUT2D eigenvalue weighted by atomic mass is 10.2. The molecule has 2 aromatic rings. The summed E-state index contributed by atoms with van der Waals surface area (Å²) in [6, 6.07) is 11.9. The maximum absolute atomic E-state index is 11.8. The number of hydrogen-bond donors (Lipinski definition) is 2. The Kier molecular flexibility index (Phi) is 4.06. The molecule has 0 amide bonds. The number of ether oxygens (including phenoxy) is 1. The summed E-state index contributed by atoms with van der Waals surface area (Å²) in [5, 5.41) is 5.27. The van der Waals surface area contributed by atoms with Crippen LogP contribution in [-0.4, -0.2) is 22.6 Å². The smallest absolute Gasteiger partial charge is 0.240 e. The summed E-state index contributed by atoms with van der Waals surface area (Å²) >= 11 is 0. The van der Waals surface area contributed by atoms with Crippen molar-refractivity contribution in [2.75, 3.05) is 24.8 Å². The zero-order valence-electron chi connectivity index (χ0n) is 11.8. The summed E-state index contributed by atoms with van der Waals surface area (Å²) < 4.78 is 28.8. The Hall–Kier alpha value is -2.25. The highest BCUT2D eigenvalue weighted by atomic mass is 32.2. The lowest BCUT2D eigenvalue weighted by Gasteiger charge is -2.24. The molecule has 112 valence electrons. The average Bonchev–Trinajstić information content (AvgIpc) is 2.45. The third kappa shape index (κ3) is 3.09. The topological polar surface area (TPSA) is 98.7 Å². The van der Waals surface area contributed by atoms with Crippen molar-refractivity contribution in [2.45, 2.75) is 4.90 Å². The molecule has 2 aromatic carbocycles. The van der Waals surface area contributed by atoms with Crippen molar-refractivity contribution in [2.24, 2.45) is 5.14 Å². The van der Waals surface area contributed by atoms with Gasteiger partial charge in [0.25, 0.3) is 0 Å². The van der Waals surface area contributed by atoms with Gasteiger partial charge in [0.1, 0.15) is 10.6 Å². The number of rotatable bonds is 4. The van der Waals surface area contributed by atoms with Crippen molar-refractivity contribution < 1.29 is 13.2 Å². The maximum Gasteiger partial charge on any atom is 0.240 e. The minimum absolute atomic E-state index is 0.0316. The van der Waals surface area contributed by atoms with Crippen molar-refractivity contribution >= 4 is 27.1 Å². The van der Waals surface area contributed by atoms with E-state index in [1.54, 1.807) is 37.3 Å². The molecule has 0 fully saturated rings. The molecular formula is C14H17N3O3S. The molecule has 0 aliphatic heterocycles. The van der Waals surface area contributed by atoms with Gasteiger partial charge in [-0.05, 0) is 30.3 Å². The van der Waals surface area contributed by atoms with Gasteiger partial charge in [-0.3, -0.25) is 0 Å². The molecule has 0 atom stereocenters. The third-order valence-corrected chi connectivity index (χ3v) is 4.04. The molecule has 0 saturated heterocycles. The fourth-order valence-corrected chi connectivity index (χ4v) is 2.87. The zero-order chi connectivity index (χ0) is 15.6. The van der Waals surface area contributed by atoms with Crippen LogP contribution in [0.5, 0.6) is 5.75 Å². The van der Waals surface area contributed by atoms with Gasteiger partial charge < -0.3 is 15.4 Å². The predicted molar refractivity (Wildman–Crippen MR) is 83.3 cm³/mol. The van der Waals surface area contributed by atoms with E-state index in [4.69, 9.17) is 15.6 Å². The molecule has 21 heavy (non-hydrogen) atoms. The predicted octanol–water partition coefficient (Wildman–Crippen LogP) is 1.69. The van der Waals surface area contributed by atoms with Crippen LogP contribution >= 0.6 is 0 Å². The molecule has 4 N–H and O–H groups in total. The van der Waals surface area contributed by atoms with Crippen LogP contribution in [0.1, 0.15) is 0 Å². The minimum atomic E-state index is -3.89. The van der Waals surface area contributed by atoms with Crippen molar-refractivity contribution in [1.82, 2.24) is 0 Å². The van der Waals surface area contributed by atoms with Gasteiger partial charge >= 0.3 is 0 Å². The average molecular weight is 307 g/mol. The number of primary sulfonamides is 1. The first-order chi connectivity index (χ1) is 9.84. The van der Waals surface area contributed by atoms with E-state index < -0.39 is 10.0 Å². The second-order valence-electron chi connectivity index (χ2n) is 4.50. The highest BCUT2D eigenvalue weighted by Crippen LogP contribution is 2.35. The van der Waals surface area contributed by atoms with E-state index in [2.05, 4.69) is 0 Å². The van der Waals surface area contributed by atoms with Crippen LogP contribution in [-0.2, 0) is 10.0 Å². The van der Waals surface area contributed by atoms with Gasteiger partial charge in [0.15, 0.2) is 0 Å². The number of benzene rings is 2. The van der Waals surface area contributed by atoms with Crippen molar-refractivity contribution in [1.29, 1.82) is 0 Å². The van der Waals surface area contributed by atoms with Crippen molar-refractivity contribution in [3.63, 3.8) is 0 Å². The Balaban J connectivity index is 2.61. The Bertz CT molecular complexity index is 760. The molecule has 0 aromatic heterocycles. The first-order valence-corrected chi connectivity index (χ1v) is 7.68. The monoisotopic (exact) mass is 307 g/mol. The number of nitrogen functional groups attached to an aromatic ring is 1. The summed E-state index contributed by atoms with van der Waals surface area (Å²) in [6.45, 7) is 0. The number of nitrogens with two attached hydrogens (primary N) is 2. The standard InChI is InChI=1S/C14H17N3O3S/c1-17(11-5-3-4-6-13(11)20-2)12-8-7-10(15)9-14(12)21(16,18)19/h3-9H,15H2,1-2H3,(H2,16,18,19). The normalized spacial score (nSPS) is 11.2. The van der Waals surface area contributed by atoms with E-state index in [1.165, 1.54) is 6.07 Å². The van der Waals surface area contributed by atoms with Gasteiger partial charge in [0.2, 0.25) is 10.0 Å². The first kappa shape index (κ1) is 15.1. The summed E-state index contributed by atoms with van der Waals surface area (Å²) in [7, 11) is -0.605. The van der Waals surface area contributed by atoms with Gasteiger partial charge in [-0.2, -0.15) is 0 Å². The first-order valence-electron chi connectivity index (χ1n) is 6.13. The van der Waals surface area contributed by atoms with E-state index in [-0.39, 0.29) is 4.90 Å². The quantitative estimate of drug-likeness (QED) is 0.838. The van der Waals surface area contributed by atoms with Gasteiger partial charge in [-0.15, -0.1) is 0 Å². The SMILES string of the molecule is COc1ccccc1N(C)c1ccc(N)cc1S(N)(=O)=O. The molecule has 0 unspecified atom stereocenters. The van der Waals surface area contributed by atoms with Gasteiger partial charge in [-0.25, -0.2) is 13.6 Å². The molecule has 0 aliphatic rings. The van der Waals surface area contributed by atoms with Gasteiger partial charge in [0.05, 0.1) is 18.5 Å². The summed E-state index contributed by atoms with van der Waals surface area (Å²) in [6.07, 6.45) is 0. The van der Waals surface area contributed by atoms with E-state index in [1.807, 2.05) is 18.2 Å². The molecule has 7 heteroatoms. The molecular weight excluding hydrogens is 290 g/mol. The largest absolute Gasteiger partial charge is 0.495 e. The molecule has 0 bridgehead atoms. The number of hydrogen-bond acceptors (Lipinski definition) is 5. The maximum atomic E-state index is 11.8. The minimum Gasteiger partial charge on any atom is -0.495 e. The van der Waals surface area contributed by atoms with Crippen LogP contribution in [0.25, 0.3) is 0 Å². The van der Waals surface area contributed by atoms with Crippen molar-refractivity contribution in [3.8, 4) is 5.75 Å². The van der Waals surface area contributed by atoms with Gasteiger partial charge in [-0.1, -0.05) is 12.1 Å². The fourth-order valence-electron chi connectivity index (χ4n) is 2.07. The Morgan fingerprint density at radius 1 is 1.10 bits per heavy atom. The van der Waals surface area contributed by atoms with E-state index >= 15 is 0 Å². The summed E-state index contributed by atoms with van der Waals surface area (Å²) in [5.41, 5.74) is 7.13. The van der Waals surface area contributed by atoms with Crippen LogP contribution in [0.4, 0.5) is 17.1 Å². The second kappa shape index (κ2) is 5.63. The Morgan fingerprint density at radius 2 is 1.76 bits per heavy atom. The molecule has 0 heterocycles. The van der Waals surface area contributed by atoms with Crippen LogP contribution in [0, 0.1) is 0 Å². The Morgan fingerprint density at radius 3 is 2.38 bits per heavy atom. The van der Waals surface area contributed by atoms with Crippen molar-refractivity contribution in [3.05, 3.63) is 42.5 Å². The third-order valence-electron chi connectivity index (χ3n) is 3.10. The van der Waals surface area contributed by atoms with E-state index in [9.17, 15) is 8.42 Å². The number of nitrogens with zero attached hydrogens (tertiary/aromatic N) is 1. The number of sulfonamides is 1. The van der Waals surface area contributed by atoms with Crippen LogP contribution < -0.4 is 20.5 Å². The summed E-state index contributed by atoms with van der Waals surface area (Å²) in [4.78, 5) is 1.66.